The fourth-order valence-electron chi connectivity index (χ4n) is 4.10. The predicted molar refractivity (Wildman–Crippen MR) is 127 cm³/mol. The fraction of sp³-hybridized carbons (Fsp3) is 0.280. The van der Waals surface area contributed by atoms with Gasteiger partial charge in [0.05, 0.1) is 23.2 Å². The monoisotopic (exact) mass is 486 g/mol. The van der Waals surface area contributed by atoms with E-state index in [-0.39, 0.29) is 36.8 Å². The van der Waals surface area contributed by atoms with Crippen LogP contribution in [0.1, 0.15) is 32.4 Å². The highest BCUT2D eigenvalue weighted by Gasteiger charge is 2.34. The van der Waals surface area contributed by atoms with Gasteiger partial charge in [-0.1, -0.05) is 35.9 Å². The molecule has 2 aromatic carbocycles. The second kappa shape index (κ2) is 10.5. The van der Waals surface area contributed by atoms with Gasteiger partial charge < -0.3 is 14.5 Å². The number of carbonyl (C=O) groups is 2. The Labute approximate surface area is 201 Å². The molecule has 0 N–H and O–H groups in total. The summed E-state index contributed by atoms with van der Waals surface area (Å²) in [6.45, 7) is 0.960. The Morgan fingerprint density at radius 2 is 1.94 bits per heavy atom. The smallest absolute Gasteiger partial charge is 0.255 e. The Morgan fingerprint density at radius 1 is 1.18 bits per heavy atom. The van der Waals surface area contributed by atoms with Gasteiger partial charge in [0.15, 0.2) is 0 Å². The van der Waals surface area contributed by atoms with Crippen LogP contribution in [0.3, 0.4) is 0 Å². The van der Waals surface area contributed by atoms with Crippen LogP contribution in [0.25, 0.3) is 0 Å². The highest BCUT2D eigenvalue weighted by molar-refractivity contribution is 7.10. The number of nitrogens with zero attached hydrogens (tertiary/aromatic N) is 2. The van der Waals surface area contributed by atoms with Crippen molar-refractivity contribution >= 4 is 34.8 Å². The summed E-state index contributed by atoms with van der Waals surface area (Å²) in [6, 6.07) is 14.7. The van der Waals surface area contributed by atoms with E-state index < -0.39 is 0 Å². The molecule has 0 saturated carbocycles. The molecule has 1 unspecified atom stereocenters. The van der Waals surface area contributed by atoms with E-state index in [1.165, 1.54) is 21.9 Å². The summed E-state index contributed by atoms with van der Waals surface area (Å²) >= 11 is 7.90. The first-order valence-corrected chi connectivity index (χ1v) is 11.9. The zero-order valence-electron chi connectivity index (χ0n) is 18.2. The molecule has 8 heteroatoms. The van der Waals surface area contributed by atoms with E-state index in [9.17, 15) is 14.0 Å². The largest absolute Gasteiger partial charge is 0.383 e. The van der Waals surface area contributed by atoms with Gasteiger partial charge in [-0.2, -0.15) is 0 Å². The topological polar surface area (TPSA) is 49.9 Å². The molecule has 0 aliphatic carbocycles. The Kier molecular flexibility index (Phi) is 7.42. The van der Waals surface area contributed by atoms with Crippen molar-refractivity contribution < 1.29 is 18.7 Å². The predicted octanol–water partition coefficient (Wildman–Crippen LogP) is 4.80. The van der Waals surface area contributed by atoms with Gasteiger partial charge in [-0.25, -0.2) is 4.39 Å². The van der Waals surface area contributed by atoms with Crippen molar-refractivity contribution in [3.8, 4) is 0 Å². The van der Waals surface area contributed by atoms with Crippen molar-refractivity contribution in [3.63, 3.8) is 0 Å². The third kappa shape index (κ3) is 5.11. The third-order valence-corrected chi connectivity index (χ3v) is 7.08. The molecule has 1 aliphatic heterocycles. The number of halogens is 2. The molecule has 0 fully saturated rings. The van der Waals surface area contributed by atoms with E-state index >= 15 is 0 Å². The van der Waals surface area contributed by atoms with Crippen molar-refractivity contribution in [3.05, 3.63) is 92.4 Å². The normalized spacial score (nSPS) is 15.2. The molecular weight excluding hydrogens is 463 g/mol. The Bertz CT molecular complexity index is 1130. The molecule has 1 aromatic heterocycles. The standard InChI is InChI=1S/C25H24ClFN2O3S/c1-32-14-13-28(25(31)19-4-2-3-5-21(19)26)16-23(30)29-12-10-22-20(11-15-33-22)24(29)17-6-8-18(27)9-7-17/h2-9,11,15,24H,10,12-14,16H2,1H3. The number of rotatable bonds is 7. The zero-order chi connectivity index (χ0) is 23.4. The summed E-state index contributed by atoms with van der Waals surface area (Å²) in [5.74, 6) is -0.829. The molecule has 4 rings (SSSR count). The molecule has 33 heavy (non-hydrogen) atoms. The van der Waals surface area contributed by atoms with Crippen LogP contribution in [0.4, 0.5) is 4.39 Å². The number of carbonyl (C=O) groups excluding carboxylic acids is 2. The molecule has 0 spiro atoms. The van der Waals surface area contributed by atoms with E-state index in [0.717, 1.165) is 17.5 Å². The maximum Gasteiger partial charge on any atom is 0.255 e. The van der Waals surface area contributed by atoms with Crippen LogP contribution in [0.2, 0.25) is 5.02 Å². The van der Waals surface area contributed by atoms with E-state index in [2.05, 4.69) is 0 Å². The SMILES string of the molecule is COCCN(CC(=O)N1CCc2sccc2C1c1ccc(F)cc1)C(=O)c1ccccc1Cl. The van der Waals surface area contributed by atoms with E-state index in [1.807, 2.05) is 11.4 Å². The van der Waals surface area contributed by atoms with Gasteiger partial charge in [0.2, 0.25) is 5.91 Å². The number of benzene rings is 2. The minimum absolute atomic E-state index is 0.107. The van der Waals surface area contributed by atoms with Gasteiger partial charge in [0.1, 0.15) is 12.4 Å². The number of thiophene rings is 1. The Hall–Kier alpha value is -2.74. The molecule has 0 bridgehead atoms. The van der Waals surface area contributed by atoms with Crippen molar-refractivity contribution in [2.75, 3.05) is 33.4 Å². The summed E-state index contributed by atoms with van der Waals surface area (Å²) in [4.78, 5) is 31.2. The quantitative estimate of drug-likeness (QED) is 0.482. The van der Waals surface area contributed by atoms with Crippen LogP contribution in [-0.4, -0.2) is 55.0 Å². The van der Waals surface area contributed by atoms with Crippen LogP contribution in [0.15, 0.2) is 60.0 Å². The van der Waals surface area contributed by atoms with Gasteiger partial charge in [-0.05, 0) is 53.3 Å². The molecule has 5 nitrogen and oxygen atoms in total. The van der Waals surface area contributed by atoms with E-state index in [0.29, 0.717) is 23.7 Å². The molecule has 172 valence electrons. The first kappa shape index (κ1) is 23.4. The van der Waals surface area contributed by atoms with Crippen LogP contribution in [-0.2, 0) is 16.0 Å². The van der Waals surface area contributed by atoms with Crippen LogP contribution >= 0.6 is 22.9 Å². The van der Waals surface area contributed by atoms with Crippen LogP contribution < -0.4 is 0 Å². The number of amides is 2. The minimum Gasteiger partial charge on any atom is -0.383 e. The number of fused-ring (bicyclic) bond motifs is 1. The molecular formula is C25H24ClFN2O3S. The average molecular weight is 487 g/mol. The number of ether oxygens (including phenoxy) is 1. The first-order chi connectivity index (χ1) is 16.0. The third-order valence-electron chi connectivity index (χ3n) is 5.75. The zero-order valence-corrected chi connectivity index (χ0v) is 19.7. The lowest BCUT2D eigenvalue weighted by Crippen LogP contribution is -2.47. The average Bonchev–Trinajstić information content (AvgIpc) is 3.30. The summed E-state index contributed by atoms with van der Waals surface area (Å²) in [5.41, 5.74) is 2.23. The fourth-order valence-corrected chi connectivity index (χ4v) is 5.22. The number of methoxy groups -OCH3 is 1. The number of hydrogen-bond acceptors (Lipinski definition) is 4. The summed E-state index contributed by atoms with van der Waals surface area (Å²) in [5, 5.41) is 2.35. The van der Waals surface area contributed by atoms with Crippen LogP contribution in [0, 0.1) is 5.82 Å². The van der Waals surface area contributed by atoms with Gasteiger partial charge in [-0.15, -0.1) is 11.3 Å². The highest BCUT2D eigenvalue weighted by atomic mass is 35.5. The summed E-state index contributed by atoms with van der Waals surface area (Å²) in [6.07, 6.45) is 0.743. The molecule has 3 aromatic rings. The van der Waals surface area contributed by atoms with Gasteiger partial charge in [0.25, 0.3) is 5.91 Å². The van der Waals surface area contributed by atoms with Crippen molar-refractivity contribution in [2.45, 2.75) is 12.5 Å². The lowest BCUT2D eigenvalue weighted by molar-refractivity contribution is -0.134. The van der Waals surface area contributed by atoms with E-state index in [4.69, 9.17) is 16.3 Å². The Balaban J connectivity index is 1.62. The second-order valence-electron chi connectivity index (χ2n) is 7.79. The lowest BCUT2D eigenvalue weighted by Gasteiger charge is -2.37. The maximum absolute atomic E-state index is 13.6. The van der Waals surface area contributed by atoms with Gasteiger partial charge >= 0.3 is 0 Å². The van der Waals surface area contributed by atoms with Crippen molar-refractivity contribution in [1.29, 1.82) is 0 Å². The minimum atomic E-state index is -0.326. The molecule has 0 saturated heterocycles. The molecule has 1 aliphatic rings. The van der Waals surface area contributed by atoms with Gasteiger partial charge in [0, 0.05) is 25.1 Å². The first-order valence-electron chi connectivity index (χ1n) is 10.6. The lowest BCUT2D eigenvalue weighted by atomic mass is 9.93. The second-order valence-corrected chi connectivity index (χ2v) is 9.20. The van der Waals surface area contributed by atoms with Crippen molar-refractivity contribution in [1.82, 2.24) is 9.80 Å². The molecule has 1 atom stereocenters. The van der Waals surface area contributed by atoms with Crippen LogP contribution in [0.5, 0.6) is 0 Å². The summed E-state index contributed by atoms with van der Waals surface area (Å²) in [7, 11) is 1.55. The highest BCUT2D eigenvalue weighted by Crippen LogP contribution is 2.38. The van der Waals surface area contributed by atoms with E-state index in [1.54, 1.807) is 59.7 Å². The maximum atomic E-state index is 13.6. The molecule has 2 heterocycles. The molecule has 0 radical (unpaired) electrons. The molecule has 2 amide bonds. The van der Waals surface area contributed by atoms with Gasteiger partial charge in [-0.3, -0.25) is 9.59 Å². The summed E-state index contributed by atoms with van der Waals surface area (Å²) < 4.78 is 18.7. The number of hydrogen-bond donors (Lipinski definition) is 0. The Morgan fingerprint density at radius 3 is 2.67 bits per heavy atom. The van der Waals surface area contributed by atoms with Crippen molar-refractivity contribution in [2.24, 2.45) is 0 Å².